The number of hydrogen-bond donors (Lipinski definition) is 1. The lowest BCUT2D eigenvalue weighted by molar-refractivity contribution is 0.576. The Morgan fingerprint density at radius 2 is 1.89 bits per heavy atom. The van der Waals surface area contributed by atoms with E-state index in [-0.39, 0.29) is 5.92 Å². The second kappa shape index (κ2) is 4.57. The summed E-state index contributed by atoms with van der Waals surface area (Å²) < 4.78 is 26.6. The molecule has 0 aliphatic heterocycles. The van der Waals surface area contributed by atoms with Crippen molar-refractivity contribution in [3.8, 4) is 0 Å². The third-order valence-corrected chi connectivity index (χ3v) is 3.52. The second-order valence-electron chi connectivity index (χ2n) is 4.63. The number of nitrogens with one attached hydrogen (secondary N) is 1. The third-order valence-electron chi connectivity index (χ3n) is 3.52. The molecule has 3 rings (SSSR count). The molecule has 1 N–H and O–H groups in total. The summed E-state index contributed by atoms with van der Waals surface area (Å²) in [6, 6.07) is 3.65. The van der Waals surface area contributed by atoms with Gasteiger partial charge in [0.2, 0.25) is 0 Å². The Morgan fingerprint density at radius 1 is 1.16 bits per heavy atom. The van der Waals surface area contributed by atoms with Gasteiger partial charge in [0, 0.05) is 24.6 Å². The van der Waals surface area contributed by atoms with Crippen molar-refractivity contribution in [2.24, 2.45) is 0 Å². The van der Waals surface area contributed by atoms with Gasteiger partial charge in [-0.15, -0.1) is 0 Å². The maximum atomic E-state index is 13.3. The molecular weight excluding hydrogens is 248 g/mol. The Morgan fingerprint density at radius 3 is 2.58 bits per heavy atom. The van der Waals surface area contributed by atoms with Crippen molar-refractivity contribution < 1.29 is 8.78 Å². The van der Waals surface area contributed by atoms with E-state index in [2.05, 4.69) is 15.3 Å². The van der Waals surface area contributed by atoms with Crippen LogP contribution in [0.3, 0.4) is 0 Å². The van der Waals surface area contributed by atoms with Crippen molar-refractivity contribution in [1.29, 1.82) is 0 Å². The summed E-state index contributed by atoms with van der Waals surface area (Å²) in [6.07, 6.45) is 3.10. The fourth-order valence-electron chi connectivity index (χ4n) is 2.71. The van der Waals surface area contributed by atoms with Gasteiger partial charge in [-0.05, 0) is 30.5 Å². The van der Waals surface area contributed by atoms with E-state index in [9.17, 15) is 8.78 Å². The SMILES string of the molecule is CNc1ncnc2c1CCC2c1cc(F)cc(F)c1. The first-order valence-electron chi connectivity index (χ1n) is 6.16. The van der Waals surface area contributed by atoms with E-state index in [1.807, 2.05) is 0 Å². The second-order valence-corrected chi connectivity index (χ2v) is 4.63. The zero-order chi connectivity index (χ0) is 13.4. The number of rotatable bonds is 2. The van der Waals surface area contributed by atoms with Gasteiger partial charge < -0.3 is 5.32 Å². The fourth-order valence-corrected chi connectivity index (χ4v) is 2.71. The standard InChI is InChI=1S/C14H13F2N3/c1-17-14-12-3-2-11(13(12)18-7-19-14)8-4-9(15)6-10(16)5-8/h4-7,11H,2-3H2,1H3,(H,17,18,19). The lowest BCUT2D eigenvalue weighted by atomic mass is 9.96. The monoisotopic (exact) mass is 261 g/mol. The van der Waals surface area contributed by atoms with Gasteiger partial charge in [0.15, 0.2) is 0 Å². The highest BCUT2D eigenvalue weighted by atomic mass is 19.1. The number of halogens is 2. The first-order valence-corrected chi connectivity index (χ1v) is 6.16. The molecule has 0 spiro atoms. The van der Waals surface area contributed by atoms with Crippen molar-refractivity contribution in [1.82, 2.24) is 9.97 Å². The molecule has 1 heterocycles. The molecule has 1 atom stereocenters. The van der Waals surface area contributed by atoms with Gasteiger partial charge in [0.1, 0.15) is 23.8 Å². The molecule has 1 aromatic heterocycles. The van der Waals surface area contributed by atoms with Crippen molar-refractivity contribution in [3.05, 3.63) is 53.0 Å². The fraction of sp³-hybridized carbons (Fsp3) is 0.286. The maximum Gasteiger partial charge on any atom is 0.132 e. The molecule has 0 fully saturated rings. The summed E-state index contributed by atoms with van der Waals surface area (Å²) in [4.78, 5) is 8.45. The topological polar surface area (TPSA) is 37.8 Å². The quantitative estimate of drug-likeness (QED) is 0.903. The summed E-state index contributed by atoms with van der Waals surface area (Å²) in [5.41, 5.74) is 2.54. The number of aromatic nitrogens is 2. The predicted molar refractivity (Wildman–Crippen MR) is 68.1 cm³/mol. The van der Waals surface area contributed by atoms with Crippen LogP contribution in [-0.4, -0.2) is 17.0 Å². The van der Waals surface area contributed by atoms with Crippen LogP contribution in [0.2, 0.25) is 0 Å². The van der Waals surface area contributed by atoms with Crippen LogP contribution >= 0.6 is 0 Å². The van der Waals surface area contributed by atoms with Crippen LogP contribution in [0.4, 0.5) is 14.6 Å². The van der Waals surface area contributed by atoms with Gasteiger partial charge in [-0.3, -0.25) is 0 Å². The highest BCUT2D eigenvalue weighted by molar-refractivity contribution is 5.51. The molecule has 1 aliphatic carbocycles. The molecule has 1 unspecified atom stereocenters. The van der Waals surface area contributed by atoms with Crippen molar-refractivity contribution in [3.63, 3.8) is 0 Å². The van der Waals surface area contributed by atoms with E-state index in [1.165, 1.54) is 18.5 Å². The summed E-state index contributed by atoms with van der Waals surface area (Å²) in [5.74, 6) is -0.364. The summed E-state index contributed by atoms with van der Waals surface area (Å²) >= 11 is 0. The minimum absolute atomic E-state index is 0.0599. The number of fused-ring (bicyclic) bond motifs is 1. The van der Waals surface area contributed by atoms with Gasteiger partial charge in [0.25, 0.3) is 0 Å². The molecular formula is C14H13F2N3. The highest BCUT2D eigenvalue weighted by Gasteiger charge is 2.28. The Labute approximate surface area is 109 Å². The first kappa shape index (κ1) is 12.0. The van der Waals surface area contributed by atoms with Gasteiger partial charge in [-0.25, -0.2) is 18.7 Å². The molecule has 0 amide bonds. The lowest BCUT2D eigenvalue weighted by Crippen LogP contribution is -2.03. The first-order chi connectivity index (χ1) is 9.19. The van der Waals surface area contributed by atoms with E-state index in [0.29, 0.717) is 5.56 Å². The van der Waals surface area contributed by atoms with Gasteiger partial charge in [-0.2, -0.15) is 0 Å². The van der Waals surface area contributed by atoms with Crippen LogP contribution in [0.1, 0.15) is 29.2 Å². The van der Waals surface area contributed by atoms with E-state index in [1.54, 1.807) is 7.05 Å². The normalized spacial score (nSPS) is 17.3. The average Bonchev–Trinajstić information content (AvgIpc) is 2.81. The Kier molecular flexibility index (Phi) is 2.89. The molecule has 5 heteroatoms. The molecule has 0 saturated heterocycles. The van der Waals surface area contributed by atoms with Crippen LogP contribution in [0.25, 0.3) is 0 Å². The Balaban J connectivity index is 2.07. The van der Waals surface area contributed by atoms with Crippen LogP contribution in [0.5, 0.6) is 0 Å². The molecule has 1 aromatic carbocycles. The average molecular weight is 261 g/mol. The smallest absolute Gasteiger partial charge is 0.132 e. The van der Waals surface area contributed by atoms with E-state index in [4.69, 9.17) is 0 Å². The van der Waals surface area contributed by atoms with Crippen LogP contribution in [0.15, 0.2) is 24.5 Å². The molecule has 0 bridgehead atoms. The van der Waals surface area contributed by atoms with Gasteiger partial charge in [-0.1, -0.05) is 0 Å². The van der Waals surface area contributed by atoms with Crippen molar-refractivity contribution in [2.45, 2.75) is 18.8 Å². The molecule has 2 aromatic rings. The lowest BCUT2D eigenvalue weighted by Gasteiger charge is -2.12. The highest BCUT2D eigenvalue weighted by Crippen LogP contribution is 2.39. The number of benzene rings is 1. The third kappa shape index (κ3) is 2.05. The predicted octanol–water partition coefficient (Wildman–Crippen LogP) is 2.87. The van der Waals surface area contributed by atoms with Crippen LogP contribution in [0, 0.1) is 11.6 Å². The van der Waals surface area contributed by atoms with Crippen molar-refractivity contribution >= 4 is 5.82 Å². The minimum atomic E-state index is -0.550. The molecule has 19 heavy (non-hydrogen) atoms. The zero-order valence-corrected chi connectivity index (χ0v) is 10.5. The maximum absolute atomic E-state index is 13.3. The van der Waals surface area contributed by atoms with Crippen LogP contribution in [-0.2, 0) is 6.42 Å². The Hall–Kier alpha value is -2.04. The summed E-state index contributed by atoms with van der Waals surface area (Å²) in [7, 11) is 1.80. The van der Waals surface area contributed by atoms with E-state index < -0.39 is 11.6 Å². The van der Waals surface area contributed by atoms with E-state index >= 15 is 0 Å². The zero-order valence-electron chi connectivity index (χ0n) is 10.5. The number of hydrogen-bond acceptors (Lipinski definition) is 3. The summed E-state index contributed by atoms with van der Waals surface area (Å²) in [5, 5.41) is 3.02. The minimum Gasteiger partial charge on any atom is -0.373 e. The van der Waals surface area contributed by atoms with E-state index in [0.717, 1.165) is 36.0 Å². The molecule has 1 aliphatic rings. The number of nitrogens with zero attached hydrogens (tertiary/aromatic N) is 2. The number of anilines is 1. The summed E-state index contributed by atoms with van der Waals surface area (Å²) in [6.45, 7) is 0. The molecule has 98 valence electrons. The van der Waals surface area contributed by atoms with Crippen molar-refractivity contribution in [2.75, 3.05) is 12.4 Å². The Bertz CT molecular complexity index is 608. The van der Waals surface area contributed by atoms with Gasteiger partial charge in [0.05, 0.1) is 5.69 Å². The molecule has 3 nitrogen and oxygen atoms in total. The van der Waals surface area contributed by atoms with Gasteiger partial charge >= 0.3 is 0 Å². The molecule has 0 saturated carbocycles. The van der Waals surface area contributed by atoms with Crippen LogP contribution < -0.4 is 5.32 Å². The molecule has 0 radical (unpaired) electrons. The largest absolute Gasteiger partial charge is 0.373 e.